The number of halogens is 1. The zero-order valence-electron chi connectivity index (χ0n) is 8.57. The molecule has 1 aliphatic heterocycles. The van der Waals surface area contributed by atoms with Gasteiger partial charge in [0.15, 0.2) is 0 Å². The Morgan fingerprint density at radius 3 is 3.00 bits per heavy atom. The van der Waals surface area contributed by atoms with Gasteiger partial charge in [-0.15, -0.1) is 0 Å². The fourth-order valence-electron chi connectivity index (χ4n) is 1.84. The van der Waals surface area contributed by atoms with Crippen molar-refractivity contribution in [1.82, 2.24) is 0 Å². The van der Waals surface area contributed by atoms with Gasteiger partial charge in [0.05, 0.1) is 12.2 Å². The Bertz CT molecular complexity index is 433. The minimum atomic E-state index is -1.38. The molecule has 1 unspecified atom stereocenters. The zero-order chi connectivity index (χ0) is 11.7. The smallest absolute Gasteiger partial charge is 0.325 e. The van der Waals surface area contributed by atoms with Crippen molar-refractivity contribution in [3.63, 3.8) is 0 Å². The van der Waals surface area contributed by atoms with Crippen molar-refractivity contribution in [3.8, 4) is 5.75 Å². The van der Waals surface area contributed by atoms with Crippen LogP contribution in [0.1, 0.15) is 23.6 Å². The van der Waals surface area contributed by atoms with Crippen LogP contribution < -0.4 is 10.5 Å². The molecule has 86 valence electrons. The Balaban J connectivity index is 2.53. The van der Waals surface area contributed by atoms with Crippen molar-refractivity contribution < 1.29 is 19.0 Å². The number of carboxylic acids is 1. The fourth-order valence-corrected chi connectivity index (χ4v) is 1.84. The van der Waals surface area contributed by atoms with E-state index in [4.69, 9.17) is 15.6 Å². The van der Waals surface area contributed by atoms with E-state index < -0.39 is 17.8 Å². The minimum absolute atomic E-state index is 0.0512. The first kappa shape index (κ1) is 10.9. The maximum absolute atomic E-state index is 13.6. The molecule has 16 heavy (non-hydrogen) atoms. The van der Waals surface area contributed by atoms with E-state index in [1.54, 1.807) is 6.07 Å². The van der Waals surface area contributed by atoms with Crippen molar-refractivity contribution in [2.24, 2.45) is 5.73 Å². The van der Waals surface area contributed by atoms with E-state index in [1.807, 2.05) is 0 Å². The molecule has 1 aromatic carbocycles. The Morgan fingerprint density at radius 2 is 2.31 bits per heavy atom. The first-order chi connectivity index (χ1) is 7.61. The Morgan fingerprint density at radius 1 is 1.56 bits per heavy atom. The summed E-state index contributed by atoms with van der Waals surface area (Å²) in [4.78, 5) is 10.8. The molecule has 1 aliphatic rings. The molecule has 5 heteroatoms. The summed E-state index contributed by atoms with van der Waals surface area (Å²) in [7, 11) is 0. The third kappa shape index (κ3) is 1.74. The summed E-state index contributed by atoms with van der Waals surface area (Å²) < 4.78 is 18.9. The molecule has 0 bridgehead atoms. The highest BCUT2D eigenvalue weighted by Crippen LogP contribution is 2.34. The number of rotatable bonds is 2. The van der Waals surface area contributed by atoms with E-state index in [0.717, 1.165) is 18.4 Å². The second-order valence-electron chi connectivity index (χ2n) is 3.72. The first-order valence-electron chi connectivity index (χ1n) is 5.03. The summed E-state index contributed by atoms with van der Waals surface area (Å²) in [6, 6.07) is 1.47. The van der Waals surface area contributed by atoms with Crippen LogP contribution in [0, 0.1) is 5.82 Å². The highest BCUT2D eigenvalue weighted by molar-refractivity contribution is 5.77. The van der Waals surface area contributed by atoms with Crippen LogP contribution in [0.2, 0.25) is 0 Å². The average molecular weight is 225 g/mol. The molecule has 1 heterocycles. The summed E-state index contributed by atoms with van der Waals surface area (Å²) in [5.74, 6) is -1.59. The van der Waals surface area contributed by atoms with Gasteiger partial charge in [-0.05, 0) is 24.5 Å². The summed E-state index contributed by atoms with van der Waals surface area (Å²) in [5.41, 5.74) is 6.21. The Hall–Kier alpha value is -1.62. The van der Waals surface area contributed by atoms with Crippen LogP contribution in [-0.4, -0.2) is 17.7 Å². The number of hydrogen-bond acceptors (Lipinski definition) is 3. The molecule has 0 aliphatic carbocycles. The van der Waals surface area contributed by atoms with Crippen LogP contribution in [0.3, 0.4) is 0 Å². The lowest BCUT2D eigenvalue weighted by molar-refractivity contribution is -0.138. The molecular weight excluding hydrogens is 213 g/mol. The number of nitrogens with two attached hydrogens (primary N) is 1. The number of benzene rings is 1. The van der Waals surface area contributed by atoms with Gasteiger partial charge in [0, 0.05) is 0 Å². The van der Waals surface area contributed by atoms with Crippen molar-refractivity contribution in [2.45, 2.75) is 18.9 Å². The van der Waals surface area contributed by atoms with Gasteiger partial charge in [0.1, 0.15) is 17.6 Å². The predicted octanol–water partition coefficient (Wildman–Crippen LogP) is 1.24. The minimum Gasteiger partial charge on any atom is -0.493 e. The monoisotopic (exact) mass is 225 g/mol. The molecule has 1 aromatic rings. The number of carboxylic acid groups (broad SMARTS) is 1. The van der Waals surface area contributed by atoms with E-state index >= 15 is 0 Å². The van der Waals surface area contributed by atoms with E-state index in [0.29, 0.717) is 12.4 Å². The molecule has 4 nitrogen and oxygen atoms in total. The van der Waals surface area contributed by atoms with Crippen LogP contribution in [-0.2, 0) is 11.2 Å². The van der Waals surface area contributed by atoms with Gasteiger partial charge in [-0.2, -0.15) is 0 Å². The number of aliphatic carboxylic acids is 1. The largest absolute Gasteiger partial charge is 0.493 e. The number of carbonyl (C=O) groups is 1. The Labute approximate surface area is 91.8 Å². The second kappa shape index (κ2) is 4.09. The zero-order valence-corrected chi connectivity index (χ0v) is 8.57. The molecule has 0 spiro atoms. The lowest BCUT2D eigenvalue weighted by atomic mass is 9.98. The predicted molar refractivity (Wildman–Crippen MR) is 54.8 cm³/mol. The molecule has 3 N–H and O–H groups in total. The average Bonchev–Trinajstić information content (AvgIpc) is 2.28. The number of hydrogen-bond donors (Lipinski definition) is 2. The number of fused-ring (bicyclic) bond motifs is 1. The normalized spacial score (nSPS) is 16.1. The van der Waals surface area contributed by atoms with Crippen LogP contribution in [0.15, 0.2) is 12.1 Å². The number of ether oxygens (including phenoxy) is 1. The Kier molecular flexibility index (Phi) is 2.78. The van der Waals surface area contributed by atoms with Crippen LogP contribution >= 0.6 is 0 Å². The fraction of sp³-hybridized carbons (Fsp3) is 0.364. The topological polar surface area (TPSA) is 72.6 Å². The molecule has 0 saturated heterocycles. The van der Waals surface area contributed by atoms with Crippen LogP contribution in [0.5, 0.6) is 5.75 Å². The van der Waals surface area contributed by atoms with Gasteiger partial charge in [0.25, 0.3) is 0 Å². The lowest BCUT2D eigenvalue weighted by Gasteiger charge is -2.22. The molecular formula is C11H12FNO3. The molecule has 0 aromatic heterocycles. The van der Waals surface area contributed by atoms with E-state index in [-0.39, 0.29) is 5.56 Å². The van der Waals surface area contributed by atoms with Crippen molar-refractivity contribution in [1.29, 1.82) is 0 Å². The van der Waals surface area contributed by atoms with E-state index in [2.05, 4.69) is 0 Å². The summed E-state index contributed by atoms with van der Waals surface area (Å²) in [6.45, 7) is 0.468. The van der Waals surface area contributed by atoms with Crippen molar-refractivity contribution in [2.75, 3.05) is 6.61 Å². The van der Waals surface area contributed by atoms with Gasteiger partial charge in [-0.1, -0.05) is 6.07 Å². The summed E-state index contributed by atoms with van der Waals surface area (Å²) >= 11 is 0. The highest BCUT2D eigenvalue weighted by atomic mass is 19.1. The van der Waals surface area contributed by atoms with Crippen LogP contribution in [0.4, 0.5) is 4.39 Å². The highest BCUT2D eigenvalue weighted by Gasteiger charge is 2.26. The molecule has 0 radical (unpaired) electrons. The quantitative estimate of drug-likeness (QED) is 0.794. The van der Waals surface area contributed by atoms with Crippen molar-refractivity contribution >= 4 is 5.97 Å². The third-order valence-electron chi connectivity index (χ3n) is 2.64. The van der Waals surface area contributed by atoms with Crippen molar-refractivity contribution in [3.05, 3.63) is 29.1 Å². The second-order valence-corrected chi connectivity index (χ2v) is 3.72. The summed E-state index contributed by atoms with van der Waals surface area (Å²) in [5, 5.41) is 8.81. The van der Waals surface area contributed by atoms with Gasteiger partial charge in [-0.3, -0.25) is 4.79 Å². The molecule has 0 amide bonds. The molecule has 1 atom stereocenters. The van der Waals surface area contributed by atoms with Gasteiger partial charge in [-0.25, -0.2) is 4.39 Å². The van der Waals surface area contributed by atoms with Crippen LogP contribution in [0.25, 0.3) is 0 Å². The lowest BCUT2D eigenvalue weighted by Crippen LogP contribution is -2.24. The summed E-state index contributed by atoms with van der Waals surface area (Å²) in [6.07, 6.45) is 1.61. The molecule has 2 rings (SSSR count). The first-order valence-corrected chi connectivity index (χ1v) is 5.03. The number of aryl methyl sites for hydroxylation is 1. The van der Waals surface area contributed by atoms with E-state index in [1.165, 1.54) is 6.07 Å². The molecule has 0 saturated carbocycles. The maximum atomic E-state index is 13.6. The third-order valence-corrected chi connectivity index (χ3v) is 2.64. The van der Waals surface area contributed by atoms with Gasteiger partial charge >= 0.3 is 5.97 Å². The molecule has 0 fully saturated rings. The maximum Gasteiger partial charge on any atom is 0.325 e. The van der Waals surface area contributed by atoms with Gasteiger partial charge < -0.3 is 15.6 Å². The van der Waals surface area contributed by atoms with E-state index in [9.17, 15) is 9.18 Å². The standard InChI is InChI=1S/C11H12FNO3/c12-7-4-3-6-2-1-5-16-10(6)8(7)9(13)11(14)15/h3-4,9H,1-2,5,13H2,(H,14,15). The van der Waals surface area contributed by atoms with Gasteiger partial charge in [0.2, 0.25) is 0 Å². The SMILES string of the molecule is NC(C(=O)O)c1c(F)ccc2c1OCCC2.